The number of carbonyl (C=O) groups is 1. The molecule has 0 heterocycles. The van der Waals surface area contributed by atoms with Gasteiger partial charge >= 0.3 is 6.03 Å². The van der Waals surface area contributed by atoms with Gasteiger partial charge in [-0.2, -0.15) is 0 Å². The Morgan fingerprint density at radius 3 is 2.83 bits per heavy atom. The van der Waals surface area contributed by atoms with E-state index in [1.54, 1.807) is 7.11 Å². The highest BCUT2D eigenvalue weighted by Gasteiger charge is 2.03. The van der Waals surface area contributed by atoms with Gasteiger partial charge in [0.25, 0.3) is 0 Å². The smallest absolute Gasteiger partial charge is 0.321 e. The van der Waals surface area contributed by atoms with Gasteiger partial charge in [-0.3, -0.25) is 5.32 Å². The Balaban J connectivity index is 1.90. The third kappa shape index (κ3) is 5.27. The maximum atomic E-state index is 11.6. The van der Waals surface area contributed by atoms with Crippen LogP contribution in [-0.4, -0.2) is 32.3 Å². The zero-order chi connectivity index (χ0) is 16.5. The fourth-order valence-corrected chi connectivity index (χ4v) is 2.22. The molecule has 2 rings (SSSR count). The number of methoxy groups -OCH3 is 1. The first-order valence-corrected chi connectivity index (χ1v) is 7.51. The minimum Gasteiger partial charge on any atom is -0.385 e. The zero-order valence-corrected chi connectivity index (χ0v) is 13.2. The molecule has 0 spiro atoms. The summed E-state index contributed by atoms with van der Waals surface area (Å²) < 4.78 is 4.91. The molecule has 0 saturated carbocycles. The predicted molar refractivity (Wildman–Crippen MR) is 92.3 cm³/mol. The molecule has 0 atom stereocenters. The molecule has 2 aromatic rings. The maximum Gasteiger partial charge on any atom is 0.321 e. The SMILES string of the molecule is COCCCNC(=O)NC(N)=NCc1cccc2ccccc12. The Labute approximate surface area is 135 Å². The molecule has 0 fully saturated rings. The summed E-state index contributed by atoms with van der Waals surface area (Å²) in [6.07, 6.45) is 0.747. The molecule has 0 aliphatic rings. The van der Waals surface area contributed by atoms with Crippen molar-refractivity contribution in [3.05, 3.63) is 48.0 Å². The lowest BCUT2D eigenvalue weighted by molar-refractivity contribution is 0.193. The largest absolute Gasteiger partial charge is 0.385 e. The van der Waals surface area contributed by atoms with Crippen LogP contribution >= 0.6 is 0 Å². The molecular weight excluding hydrogens is 292 g/mol. The highest BCUT2D eigenvalue weighted by atomic mass is 16.5. The van der Waals surface area contributed by atoms with Crippen LogP contribution in [0.4, 0.5) is 4.79 Å². The summed E-state index contributed by atoms with van der Waals surface area (Å²) >= 11 is 0. The number of guanidine groups is 1. The molecule has 2 amide bonds. The lowest BCUT2D eigenvalue weighted by Crippen LogP contribution is -2.43. The van der Waals surface area contributed by atoms with E-state index in [1.165, 1.54) is 0 Å². The molecule has 23 heavy (non-hydrogen) atoms. The average molecular weight is 314 g/mol. The number of carbonyl (C=O) groups excluding carboxylic acids is 1. The molecule has 0 radical (unpaired) electrons. The molecule has 2 aromatic carbocycles. The van der Waals surface area contributed by atoms with Gasteiger partial charge in [0.05, 0.1) is 6.54 Å². The van der Waals surface area contributed by atoms with Gasteiger partial charge in [-0.05, 0) is 22.8 Å². The van der Waals surface area contributed by atoms with Crippen LogP contribution in [0.25, 0.3) is 10.8 Å². The minimum absolute atomic E-state index is 0.0992. The van der Waals surface area contributed by atoms with Crippen molar-refractivity contribution in [3.8, 4) is 0 Å². The van der Waals surface area contributed by atoms with Crippen LogP contribution in [0, 0.1) is 0 Å². The quantitative estimate of drug-likeness (QED) is 0.433. The van der Waals surface area contributed by atoms with Gasteiger partial charge in [-0.25, -0.2) is 9.79 Å². The van der Waals surface area contributed by atoms with Crippen LogP contribution in [-0.2, 0) is 11.3 Å². The number of aliphatic imine (C=N–C) groups is 1. The number of nitrogens with one attached hydrogen (secondary N) is 2. The Kier molecular flexibility index (Phi) is 6.38. The Bertz CT molecular complexity index is 680. The van der Waals surface area contributed by atoms with Crippen LogP contribution in [0.15, 0.2) is 47.5 Å². The maximum absolute atomic E-state index is 11.6. The standard InChI is InChI=1S/C17H22N4O2/c1-23-11-5-10-19-17(22)21-16(18)20-12-14-8-4-7-13-6-2-3-9-15(13)14/h2-4,6-9H,5,10-12H2,1H3,(H4,18,19,20,21,22). The molecule has 4 N–H and O–H groups in total. The third-order valence-electron chi connectivity index (χ3n) is 3.35. The van der Waals surface area contributed by atoms with E-state index >= 15 is 0 Å². The van der Waals surface area contributed by atoms with Crippen LogP contribution in [0.5, 0.6) is 0 Å². The molecule has 0 aliphatic heterocycles. The second-order valence-corrected chi connectivity index (χ2v) is 5.07. The topological polar surface area (TPSA) is 88.7 Å². The zero-order valence-electron chi connectivity index (χ0n) is 13.2. The number of rotatable bonds is 6. The van der Waals surface area contributed by atoms with E-state index in [9.17, 15) is 4.79 Å². The summed E-state index contributed by atoms with van der Waals surface area (Å²) in [7, 11) is 1.62. The van der Waals surface area contributed by atoms with Gasteiger partial charge < -0.3 is 15.8 Å². The lowest BCUT2D eigenvalue weighted by atomic mass is 10.1. The normalized spacial score (nSPS) is 11.4. The lowest BCUT2D eigenvalue weighted by Gasteiger charge is -2.07. The molecule has 0 aliphatic carbocycles. The minimum atomic E-state index is -0.361. The molecule has 122 valence electrons. The van der Waals surface area contributed by atoms with Crippen molar-refractivity contribution >= 4 is 22.8 Å². The monoisotopic (exact) mass is 314 g/mol. The van der Waals surface area contributed by atoms with Crippen molar-refractivity contribution < 1.29 is 9.53 Å². The summed E-state index contributed by atoms with van der Waals surface area (Å²) in [5.41, 5.74) is 6.81. The van der Waals surface area contributed by atoms with Crippen LogP contribution in [0.1, 0.15) is 12.0 Å². The van der Waals surface area contributed by atoms with E-state index in [1.807, 2.05) is 30.3 Å². The van der Waals surface area contributed by atoms with Crippen LogP contribution < -0.4 is 16.4 Å². The average Bonchev–Trinajstić information content (AvgIpc) is 2.57. The third-order valence-corrected chi connectivity index (χ3v) is 3.35. The second kappa shape index (κ2) is 8.75. The van der Waals surface area contributed by atoms with Crippen LogP contribution in [0.2, 0.25) is 0 Å². The summed E-state index contributed by atoms with van der Waals surface area (Å²) in [6.45, 7) is 1.54. The summed E-state index contributed by atoms with van der Waals surface area (Å²) in [5.74, 6) is 0.0992. The first kappa shape index (κ1) is 16.8. The molecule has 0 unspecified atom stereocenters. The summed E-state index contributed by atoms with van der Waals surface area (Å²) in [5, 5.41) is 7.49. The fourth-order valence-electron chi connectivity index (χ4n) is 2.22. The van der Waals surface area contributed by atoms with Gasteiger partial charge in [0.2, 0.25) is 0 Å². The number of benzene rings is 2. The number of urea groups is 1. The van der Waals surface area contributed by atoms with Gasteiger partial charge in [0, 0.05) is 20.3 Å². The molecule has 6 heteroatoms. The van der Waals surface area contributed by atoms with Crippen molar-refractivity contribution in [2.24, 2.45) is 10.7 Å². The number of nitrogens with zero attached hydrogens (tertiary/aromatic N) is 1. The van der Waals surface area contributed by atoms with E-state index in [2.05, 4.69) is 27.8 Å². The number of hydrogen-bond acceptors (Lipinski definition) is 3. The van der Waals surface area contributed by atoms with Gasteiger partial charge in [0.1, 0.15) is 0 Å². The second-order valence-electron chi connectivity index (χ2n) is 5.07. The van der Waals surface area contributed by atoms with E-state index < -0.39 is 0 Å². The summed E-state index contributed by atoms with van der Waals surface area (Å²) in [4.78, 5) is 15.8. The molecule has 0 saturated heterocycles. The molecule has 6 nitrogen and oxygen atoms in total. The number of hydrogen-bond donors (Lipinski definition) is 3. The van der Waals surface area contributed by atoms with Crippen molar-refractivity contribution in [1.29, 1.82) is 0 Å². The first-order chi connectivity index (χ1) is 11.2. The highest BCUT2D eigenvalue weighted by molar-refractivity contribution is 5.95. The van der Waals surface area contributed by atoms with E-state index in [4.69, 9.17) is 10.5 Å². The Morgan fingerprint density at radius 1 is 1.22 bits per heavy atom. The first-order valence-electron chi connectivity index (χ1n) is 7.51. The molecular formula is C17H22N4O2. The fraction of sp³-hybridized carbons (Fsp3) is 0.294. The van der Waals surface area contributed by atoms with E-state index in [-0.39, 0.29) is 12.0 Å². The number of nitrogens with two attached hydrogens (primary N) is 1. The number of ether oxygens (including phenoxy) is 1. The van der Waals surface area contributed by atoms with Crippen LogP contribution in [0.3, 0.4) is 0 Å². The molecule has 0 aromatic heterocycles. The van der Waals surface area contributed by atoms with Gasteiger partial charge in [-0.15, -0.1) is 0 Å². The number of amides is 2. The Hall–Kier alpha value is -2.60. The number of fused-ring (bicyclic) bond motifs is 1. The van der Waals surface area contributed by atoms with E-state index in [0.29, 0.717) is 19.7 Å². The van der Waals surface area contributed by atoms with Crippen molar-refractivity contribution in [3.63, 3.8) is 0 Å². The van der Waals surface area contributed by atoms with Gasteiger partial charge in [-0.1, -0.05) is 42.5 Å². The summed E-state index contributed by atoms with van der Waals surface area (Å²) in [6, 6.07) is 13.8. The van der Waals surface area contributed by atoms with Crippen molar-refractivity contribution in [2.45, 2.75) is 13.0 Å². The van der Waals surface area contributed by atoms with E-state index in [0.717, 1.165) is 22.8 Å². The van der Waals surface area contributed by atoms with Crippen molar-refractivity contribution in [2.75, 3.05) is 20.3 Å². The Morgan fingerprint density at radius 2 is 2.00 bits per heavy atom. The highest BCUT2D eigenvalue weighted by Crippen LogP contribution is 2.18. The predicted octanol–water partition coefficient (Wildman–Crippen LogP) is 1.99. The van der Waals surface area contributed by atoms with Gasteiger partial charge in [0.15, 0.2) is 5.96 Å². The molecule has 0 bridgehead atoms. The van der Waals surface area contributed by atoms with Crippen molar-refractivity contribution in [1.82, 2.24) is 10.6 Å².